The average Bonchev–Trinajstić information content (AvgIpc) is 3.33. The van der Waals surface area contributed by atoms with Gasteiger partial charge in [-0.1, -0.05) is 17.3 Å². The highest BCUT2D eigenvalue weighted by atomic mass is 16.5. The summed E-state index contributed by atoms with van der Waals surface area (Å²) in [4.78, 5) is 18.7. The predicted octanol–water partition coefficient (Wildman–Crippen LogP) is 2.73. The summed E-state index contributed by atoms with van der Waals surface area (Å²) in [5.41, 5.74) is 2.49. The molecule has 8 heteroatoms. The fraction of sp³-hybridized carbons (Fsp3) is 0.333. The van der Waals surface area contributed by atoms with Crippen LogP contribution in [0.5, 0.6) is 0 Å². The third-order valence-electron chi connectivity index (χ3n) is 4.31. The standard InChI is InChI=1S/C18H22N6O2/c1-4-24-18(19-12-20-24)21-17(25)15-7-5-6-14(10-15)11-23(3)13(2)16-8-9-26-22-16/h5-10,12-13H,4,11H2,1-3H3,(H,19,20,21,25)/t13-/m1/s1. The van der Waals surface area contributed by atoms with E-state index in [2.05, 4.69) is 32.4 Å². The summed E-state index contributed by atoms with van der Waals surface area (Å²) in [6.45, 7) is 5.32. The van der Waals surface area contributed by atoms with Gasteiger partial charge < -0.3 is 4.52 Å². The topological polar surface area (TPSA) is 89.1 Å². The number of rotatable bonds is 7. The van der Waals surface area contributed by atoms with Gasteiger partial charge in [-0.25, -0.2) is 4.68 Å². The largest absolute Gasteiger partial charge is 0.364 e. The number of nitrogens with zero attached hydrogens (tertiary/aromatic N) is 5. The van der Waals surface area contributed by atoms with Gasteiger partial charge in [-0.3, -0.25) is 15.0 Å². The molecule has 3 aromatic rings. The minimum Gasteiger partial charge on any atom is -0.364 e. The molecule has 1 aromatic carbocycles. The van der Waals surface area contributed by atoms with Gasteiger partial charge in [0, 0.05) is 24.7 Å². The zero-order valence-corrected chi connectivity index (χ0v) is 15.1. The molecule has 0 unspecified atom stereocenters. The molecule has 0 saturated heterocycles. The Labute approximate surface area is 151 Å². The van der Waals surface area contributed by atoms with Crippen LogP contribution < -0.4 is 5.32 Å². The second-order valence-electron chi connectivity index (χ2n) is 6.07. The van der Waals surface area contributed by atoms with Crippen LogP contribution in [0.1, 0.15) is 41.5 Å². The van der Waals surface area contributed by atoms with E-state index in [1.165, 1.54) is 6.33 Å². The normalized spacial score (nSPS) is 12.3. The Balaban J connectivity index is 1.68. The number of anilines is 1. The SMILES string of the molecule is CCn1ncnc1NC(=O)c1cccc(CN(C)[C@H](C)c2ccon2)c1. The van der Waals surface area contributed by atoms with Crippen molar-refractivity contribution in [3.63, 3.8) is 0 Å². The van der Waals surface area contributed by atoms with Gasteiger partial charge in [0.05, 0.1) is 6.04 Å². The first-order valence-electron chi connectivity index (χ1n) is 8.47. The maximum Gasteiger partial charge on any atom is 0.258 e. The molecule has 1 N–H and O–H groups in total. The van der Waals surface area contributed by atoms with E-state index in [-0.39, 0.29) is 11.9 Å². The van der Waals surface area contributed by atoms with Crippen LogP contribution in [0.2, 0.25) is 0 Å². The van der Waals surface area contributed by atoms with E-state index >= 15 is 0 Å². The van der Waals surface area contributed by atoms with Crippen molar-refractivity contribution in [3.8, 4) is 0 Å². The Kier molecular flexibility index (Phi) is 5.43. The van der Waals surface area contributed by atoms with Gasteiger partial charge >= 0.3 is 0 Å². The van der Waals surface area contributed by atoms with Gasteiger partial charge in [0.15, 0.2) is 0 Å². The second-order valence-corrected chi connectivity index (χ2v) is 6.07. The molecule has 0 aliphatic heterocycles. The summed E-state index contributed by atoms with van der Waals surface area (Å²) in [7, 11) is 2.01. The van der Waals surface area contributed by atoms with E-state index in [9.17, 15) is 4.79 Å². The Hall–Kier alpha value is -3.00. The molecule has 136 valence electrons. The molecule has 3 rings (SSSR count). The zero-order valence-electron chi connectivity index (χ0n) is 15.1. The van der Waals surface area contributed by atoms with Gasteiger partial charge in [-0.05, 0) is 38.6 Å². The first-order valence-corrected chi connectivity index (χ1v) is 8.47. The molecule has 1 atom stereocenters. The van der Waals surface area contributed by atoms with Crippen LogP contribution in [0.4, 0.5) is 5.95 Å². The number of carbonyl (C=O) groups is 1. The van der Waals surface area contributed by atoms with Gasteiger partial charge in [-0.15, -0.1) is 0 Å². The lowest BCUT2D eigenvalue weighted by Crippen LogP contribution is -2.22. The maximum absolute atomic E-state index is 12.5. The minimum atomic E-state index is -0.207. The van der Waals surface area contributed by atoms with Crippen molar-refractivity contribution >= 4 is 11.9 Å². The fourth-order valence-electron chi connectivity index (χ4n) is 2.67. The molecule has 0 fully saturated rings. The quantitative estimate of drug-likeness (QED) is 0.702. The highest BCUT2D eigenvalue weighted by Gasteiger charge is 2.16. The maximum atomic E-state index is 12.5. The first kappa shape index (κ1) is 17.8. The molecular weight excluding hydrogens is 332 g/mol. The number of aryl methyl sites for hydroxylation is 1. The lowest BCUT2D eigenvalue weighted by molar-refractivity contribution is 0.102. The van der Waals surface area contributed by atoms with Crippen molar-refractivity contribution < 1.29 is 9.32 Å². The molecular formula is C18H22N6O2. The number of nitrogens with one attached hydrogen (secondary N) is 1. The van der Waals surface area contributed by atoms with Crippen LogP contribution in [-0.4, -0.2) is 37.8 Å². The third kappa shape index (κ3) is 3.97. The summed E-state index contributed by atoms with van der Waals surface area (Å²) in [5, 5.41) is 10.8. The van der Waals surface area contributed by atoms with Crippen molar-refractivity contribution in [1.82, 2.24) is 24.8 Å². The molecule has 0 bridgehead atoms. The molecule has 26 heavy (non-hydrogen) atoms. The molecule has 0 aliphatic carbocycles. The van der Waals surface area contributed by atoms with Crippen molar-refractivity contribution in [1.29, 1.82) is 0 Å². The van der Waals surface area contributed by atoms with Crippen LogP contribution in [-0.2, 0) is 13.1 Å². The smallest absolute Gasteiger partial charge is 0.258 e. The molecule has 2 aromatic heterocycles. The minimum absolute atomic E-state index is 0.106. The predicted molar refractivity (Wildman–Crippen MR) is 96.5 cm³/mol. The van der Waals surface area contributed by atoms with E-state index in [1.807, 2.05) is 38.2 Å². The third-order valence-corrected chi connectivity index (χ3v) is 4.31. The Morgan fingerprint density at radius 2 is 2.23 bits per heavy atom. The number of hydrogen-bond donors (Lipinski definition) is 1. The van der Waals surface area contributed by atoms with E-state index in [1.54, 1.807) is 17.0 Å². The molecule has 1 amide bonds. The Morgan fingerprint density at radius 1 is 1.38 bits per heavy atom. The Bertz CT molecular complexity index is 858. The molecule has 0 radical (unpaired) electrons. The fourth-order valence-corrected chi connectivity index (χ4v) is 2.67. The van der Waals surface area contributed by atoms with Gasteiger partial charge in [0.1, 0.15) is 18.3 Å². The van der Waals surface area contributed by atoms with Crippen LogP contribution in [0, 0.1) is 0 Å². The molecule has 2 heterocycles. The van der Waals surface area contributed by atoms with E-state index in [0.29, 0.717) is 24.6 Å². The number of hydrogen-bond acceptors (Lipinski definition) is 6. The highest BCUT2D eigenvalue weighted by molar-refractivity contribution is 6.03. The summed E-state index contributed by atoms with van der Waals surface area (Å²) in [6, 6.07) is 9.50. The van der Waals surface area contributed by atoms with Crippen molar-refractivity contribution in [3.05, 3.63) is 59.7 Å². The summed E-state index contributed by atoms with van der Waals surface area (Å²) in [5.74, 6) is 0.237. The number of amides is 1. The lowest BCUT2D eigenvalue weighted by Gasteiger charge is -2.23. The monoisotopic (exact) mass is 354 g/mol. The number of aromatic nitrogens is 4. The van der Waals surface area contributed by atoms with Gasteiger partial charge in [0.2, 0.25) is 5.95 Å². The van der Waals surface area contributed by atoms with Gasteiger partial charge in [-0.2, -0.15) is 10.1 Å². The Morgan fingerprint density at radius 3 is 2.96 bits per heavy atom. The van der Waals surface area contributed by atoms with E-state index < -0.39 is 0 Å². The summed E-state index contributed by atoms with van der Waals surface area (Å²) in [6.07, 6.45) is 3.00. The number of benzene rings is 1. The van der Waals surface area contributed by atoms with Crippen LogP contribution in [0.25, 0.3) is 0 Å². The van der Waals surface area contributed by atoms with Gasteiger partial charge in [0.25, 0.3) is 5.91 Å². The summed E-state index contributed by atoms with van der Waals surface area (Å²) < 4.78 is 6.55. The van der Waals surface area contributed by atoms with Crippen LogP contribution >= 0.6 is 0 Å². The second kappa shape index (κ2) is 7.92. The molecule has 0 saturated carbocycles. The van der Waals surface area contributed by atoms with Crippen LogP contribution in [0.3, 0.4) is 0 Å². The highest BCUT2D eigenvalue weighted by Crippen LogP contribution is 2.19. The van der Waals surface area contributed by atoms with Crippen molar-refractivity contribution in [2.24, 2.45) is 0 Å². The molecule has 8 nitrogen and oxygen atoms in total. The summed E-state index contributed by atoms with van der Waals surface area (Å²) >= 11 is 0. The average molecular weight is 354 g/mol. The van der Waals surface area contributed by atoms with Crippen molar-refractivity contribution in [2.75, 3.05) is 12.4 Å². The first-order chi connectivity index (χ1) is 12.6. The van der Waals surface area contributed by atoms with Crippen LogP contribution in [0.15, 0.2) is 47.4 Å². The molecule has 0 aliphatic rings. The molecule has 0 spiro atoms. The van der Waals surface area contributed by atoms with E-state index in [0.717, 1.165) is 11.3 Å². The zero-order chi connectivity index (χ0) is 18.5. The van der Waals surface area contributed by atoms with Crippen molar-refractivity contribution in [2.45, 2.75) is 33.0 Å². The van der Waals surface area contributed by atoms with E-state index in [4.69, 9.17) is 4.52 Å². The number of carbonyl (C=O) groups excluding carboxylic acids is 1. The lowest BCUT2D eigenvalue weighted by atomic mass is 10.1.